The summed E-state index contributed by atoms with van der Waals surface area (Å²) in [5.74, 6) is 0.819. The summed E-state index contributed by atoms with van der Waals surface area (Å²) in [6, 6.07) is 4.63. The fraction of sp³-hybridized carbons (Fsp3) is 0.579. The number of hydrogen-bond acceptors (Lipinski definition) is 5. The molecule has 24 heavy (non-hydrogen) atoms. The van der Waals surface area contributed by atoms with Crippen LogP contribution in [0.3, 0.4) is 0 Å². The van der Waals surface area contributed by atoms with E-state index in [0.29, 0.717) is 12.1 Å². The predicted molar refractivity (Wildman–Crippen MR) is 96.1 cm³/mol. The molecule has 0 bridgehead atoms. The van der Waals surface area contributed by atoms with Gasteiger partial charge in [-0.1, -0.05) is 6.07 Å². The van der Waals surface area contributed by atoms with Crippen molar-refractivity contribution >= 4 is 11.3 Å². The first-order valence-corrected chi connectivity index (χ1v) is 9.81. The normalized spacial score (nSPS) is 24.5. The Kier molecular flexibility index (Phi) is 4.92. The van der Waals surface area contributed by atoms with Crippen LogP contribution in [0.5, 0.6) is 0 Å². The second-order valence-corrected chi connectivity index (χ2v) is 8.13. The number of hydrogen-bond donors (Lipinski definition) is 0. The van der Waals surface area contributed by atoms with Gasteiger partial charge in [0.25, 0.3) is 0 Å². The van der Waals surface area contributed by atoms with Crippen LogP contribution in [0.4, 0.5) is 0 Å². The molecule has 0 spiro atoms. The first kappa shape index (κ1) is 16.2. The molecule has 5 heteroatoms. The van der Waals surface area contributed by atoms with E-state index in [1.165, 1.54) is 24.1 Å². The molecule has 2 aliphatic rings. The molecule has 2 aromatic rings. The van der Waals surface area contributed by atoms with Crippen LogP contribution in [0, 0.1) is 12.8 Å². The van der Waals surface area contributed by atoms with E-state index in [0.717, 1.165) is 43.5 Å². The number of pyridine rings is 1. The summed E-state index contributed by atoms with van der Waals surface area (Å²) in [7, 11) is 0. The third-order valence-electron chi connectivity index (χ3n) is 5.04. The van der Waals surface area contributed by atoms with Gasteiger partial charge in [-0.15, -0.1) is 11.3 Å². The number of likely N-dealkylation sites (tertiary alicyclic amines) is 1. The van der Waals surface area contributed by atoms with Gasteiger partial charge in [-0.25, -0.2) is 4.98 Å². The highest BCUT2D eigenvalue weighted by molar-refractivity contribution is 7.09. The maximum absolute atomic E-state index is 6.30. The van der Waals surface area contributed by atoms with Crippen molar-refractivity contribution in [3.05, 3.63) is 46.2 Å². The Labute approximate surface area is 147 Å². The van der Waals surface area contributed by atoms with E-state index in [4.69, 9.17) is 4.74 Å². The SMILES string of the molecule is Cc1nc(CN2CC[C@@H](OCC3CC3)[C@@H]2Cc2cccnc2)cs1. The molecule has 1 aliphatic heterocycles. The Hall–Kier alpha value is -1.30. The monoisotopic (exact) mass is 343 g/mol. The van der Waals surface area contributed by atoms with E-state index in [9.17, 15) is 0 Å². The lowest BCUT2D eigenvalue weighted by Gasteiger charge is -2.28. The van der Waals surface area contributed by atoms with Gasteiger partial charge in [-0.3, -0.25) is 9.88 Å². The predicted octanol–water partition coefficient (Wildman–Crippen LogP) is 3.46. The minimum Gasteiger partial charge on any atom is -0.376 e. The Balaban J connectivity index is 1.46. The molecule has 1 aliphatic carbocycles. The second kappa shape index (κ2) is 7.30. The smallest absolute Gasteiger partial charge is 0.0897 e. The standard InChI is InChI=1S/C19H25N3OS/c1-14-21-17(13-24-14)11-22-8-6-19(23-12-15-4-5-15)18(22)9-16-3-2-7-20-10-16/h2-3,7,10,13,15,18-19H,4-6,8-9,11-12H2,1H3/t18-,19+/m0/s1. The van der Waals surface area contributed by atoms with Crippen LogP contribution in [-0.4, -0.2) is 40.2 Å². The van der Waals surface area contributed by atoms with Crippen LogP contribution in [-0.2, 0) is 17.7 Å². The van der Waals surface area contributed by atoms with Gasteiger partial charge in [-0.2, -0.15) is 0 Å². The molecule has 0 unspecified atom stereocenters. The zero-order valence-electron chi connectivity index (χ0n) is 14.2. The van der Waals surface area contributed by atoms with Crippen molar-refractivity contribution in [3.63, 3.8) is 0 Å². The lowest BCUT2D eigenvalue weighted by Crippen LogP contribution is -2.38. The van der Waals surface area contributed by atoms with Gasteiger partial charge < -0.3 is 4.74 Å². The summed E-state index contributed by atoms with van der Waals surface area (Å²) in [6.45, 7) is 5.04. The number of ether oxygens (including phenoxy) is 1. The van der Waals surface area contributed by atoms with Crippen LogP contribution < -0.4 is 0 Å². The third-order valence-corrected chi connectivity index (χ3v) is 5.86. The number of aromatic nitrogens is 2. The van der Waals surface area contributed by atoms with E-state index in [1.54, 1.807) is 11.3 Å². The summed E-state index contributed by atoms with van der Waals surface area (Å²) in [6.07, 6.45) is 9.00. The summed E-state index contributed by atoms with van der Waals surface area (Å²) < 4.78 is 6.30. The molecule has 0 radical (unpaired) electrons. The summed E-state index contributed by atoms with van der Waals surface area (Å²) in [5, 5.41) is 3.34. The van der Waals surface area contributed by atoms with Gasteiger partial charge in [0, 0.05) is 43.5 Å². The van der Waals surface area contributed by atoms with Crippen molar-refractivity contribution in [3.8, 4) is 0 Å². The lowest BCUT2D eigenvalue weighted by molar-refractivity contribution is 0.0195. The van der Waals surface area contributed by atoms with Crippen molar-refractivity contribution < 1.29 is 4.74 Å². The quantitative estimate of drug-likeness (QED) is 0.772. The summed E-state index contributed by atoms with van der Waals surface area (Å²) in [5.41, 5.74) is 2.49. The lowest BCUT2D eigenvalue weighted by atomic mass is 10.0. The zero-order chi connectivity index (χ0) is 16.4. The maximum Gasteiger partial charge on any atom is 0.0897 e. The molecule has 4 nitrogen and oxygen atoms in total. The van der Waals surface area contributed by atoms with E-state index in [-0.39, 0.29) is 0 Å². The van der Waals surface area contributed by atoms with E-state index in [2.05, 4.69) is 33.2 Å². The Morgan fingerprint density at radius 1 is 1.33 bits per heavy atom. The number of aryl methyl sites for hydroxylation is 1. The first-order valence-electron chi connectivity index (χ1n) is 8.93. The Morgan fingerprint density at radius 3 is 2.96 bits per heavy atom. The zero-order valence-corrected chi connectivity index (χ0v) is 15.0. The summed E-state index contributed by atoms with van der Waals surface area (Å²) >= 11 is 1.74. The number of thiazole rings is 1. The molecule has 0 amide bonds. The molecule has 1 saturated heterocycles. The second-order valence-electron chi connectivity index (χ2n) is 7.06. The maximum atomic E-state index is 6.30. The average Bonchev–Trinajstić information content (AvgIpc) is 3.23. The van der Waals surface area contributed by atoms with Crippen LogP contribution in [0.25, 0.3) is 0 Å². The molecule has 1 saturated carbocycles. The van der Waals surface area contributed by atoms with Gasteiger partial charge in [0.1, 0.15) is 0 Å². The van der Waals surface area contributed by atoms with Gasteiger partial charge in [0.15, 0.2) is 0 Å². The Bertz CT molecular complexity index is 656. The number of nitrogens with zero attached hydrogens (tertiary/aromatic N) is 3. The fourth-order valence-corrected chi connectivity index (χ4v) is 4.13. The molecule has 2 atom stereocenters. The molecule has 3 heterocycles. The highest BCUT2D eigenvalue weighted by Gasteiger charge is 2.36. The van der Waals surface area contributed by atoms with Crippen LogP contribution in [0.2, 0.25) is 0 Å². The molecule has 2 fully saturated rings. The van der Waals surface area contributed by atoms with Crippen molar-refractivity contribution in [1.82, 2.24) is 14.9 Å². The van der Waals surface area contributed by atoms with Crippen molar-refractivity contribution in [2.75, 3.05) is 13.2 Å². The highest BCUT2D eigenvalue weighted by Crippen LogP contribution is 2.32. The summed E-state index contributed by atoms with van der Waals surface area (Å²) in [4.78, 5) is 11.5. The van der Waals surface area contributed by atoms with E-state index >= 15 is 0 Å². The van der Waals surface area contributed by atoms with Gasteiger partial charge in [0.2, 0.25) is 0 Å². The number of rotatable bonds is 7. The average molecular weight is 343 g/mol. The molecule has 0 N–H and O–H groups in total. The fourth-order valence-electron chi connectivity index (χ4n) is 3.53. The van der Waals surface area contributed by atoms with Crippen molar-refractivity contribution in [2.24, 2.45) is 5.92 Å². The van der Waals surface area contributed by atoms with E-state index < -0.39 is 0 Å². The third kappa shape index (κ3) is 4.02. The van der Waals surface area contributed by atoms with Crippen LogP contribution in [0.1, 0.15) is 35.5 Å². The van der Waals surface area contributed by atoms with Gasteiger partial charge in [0.05, 0.1) is 16.8 Å². The molecule has 4 rings (SSSR count). The van der Waals surface area contributed by atoms with Gasteiger partial charge >= 0.3 is 0 Å². The highest BCUT2D eigenvalue weighted by atomic mass is 32.1. The first-order chi connectivity index (χ1) is 11.8. The van der Waals surface area contributed by atoms with E-state index in [1.807, 2.05) is 18.5 Å². The van der Waals surface area contributed by atoms with Crippen molar-refractivity contribution in [1.29, 1.82) is 0 Å². The molecular formula is C19H25N3OS. The minimum absolute atomic E-state index is 0.338. The minimum atomic E-state index is 0.338. The largest absolute Gasteiger partial charge is 0.376 e. The van der Waals surface area contributed by atoms with Crippen LogP contribution >= 0.6 is 11.3 Å². The molecule has 2 aromatic heterocycles. The molecular weight excluding hydrogens is 318 g/mol. The Morgan fingerprint density at radius 2 is 2.25 bits per heavy atom. The topological polar surface area (TPSA) is 38.2 Å². The molecule has 128 valence electrons. The molecule has 0 aromatic carbocycles. The van der Waals surface area contributed by atoms with Gasteiger partial charge in [-0.05, 0) is 50.2 Å². The van der Waals surface area contributed by atoms with Crippen molar-refractivity contribution in [2.45, 2.75) is 51.3 Å². The van der Waals surface area contributed by atoms with Crippen LogP contribution in [0.15, 0.2) is 29.9 Å².